The van der Waals surface area contributed by atoms with Crippen LogP contribution in [-0.4, -0.2) is 10.2 Å². The molecule has 1 aliphatic rings. The van der Waals surface area contributed by atoms with Crippen LogP contribution in [0.1, 0.15) is 75.7 Å². The van der Waals surface area contributed by atoms with Crippen molar-refractivity contribution in [3.05, 3.63) is 10.0 Å². The Hall–Kier alpha value is -0.440. The molecular weight excluding hydrogens is 228 g/mol. The molecule has 0 amide bonds. The van der Waals surface area contributed by atoms with Gasteiger partial charge >= 0.3 is 0 Å². The molecule has 96 valence electrons. The largest absolute Gasteiger partial charge is 0.143 e. The van der Waals surface area contributed by atoms with E-state index in [9.17, 15) is 0 Å². The zero-order chi connectivity index (χ0) is 12.5. The van der Waals surface area contributed by atoms with Crippen molar-refractivity contribution < 1.29 is 0 Å². The Morgan fingerprint density at radius 2 is 1.76 bits per heavy atom. The van der Waals surface area contributed by atoms with Crippen molar-refractivity contribution in [1.82, 2.24) is 10.2 Å². The molecular formula is C14H24N2S. The quantitative estimate of drug-likeness (QED) is 0.773. The molecule has 0 aliphatic heterocycles. The molecule has 0 bridgehead atoms. The molecule has 1 aliphatic carbocycles. The van der Waals surface area contributed by atoms with Crippen LogP contribution in [0.4, 0.5) is 0 Å². The second-order valence-corrected chi connectivity index (χ2v) is 7.33. The minimum atomic E-state index is 0.149. The standard InChI is InChI=1S/C14H24N2S/c1-5-10-6-8-11(9-7-10)12-15-16-13(17-12)14(2,3)4/h10-11H,5-9H2,1-4H3/t10-,11-. The molecule has 0 radical (unpaired) electrons. The van der Waals surface area contributed by atoms with Crippen LogP contribution in [-0.2, 0) is 5.41 Å². The van der Waals surface area contributed by atoms with Gasteiger partial charge in [-0.05, 0) is 31.6 Å². The lowest BCUT2D eigenvalue weighted by atomic mass is 9.81. The van der Waals surface area contributed by atoms with Gasteiger partial charge in [-0.1, -0.05) is 34.1 Å². The van der Waals surface area contributed by atoms with Gasteiger partial charge in [-0.15, -0.1) is 21.5 Å². The summed E-state index contributed by atoms with van der Waals surface area (Å²) in [7, 11) is 0. The van der Waals surface area contributed by atoms with Gasteiger partial charge in [0.2, 0.25) is 0 Å². The molecule has 3 heteroatoms. The first-order valence-electron chi connectivity index (χ1n) is 6.84. The van der Waals surface area contributed by atoms with Crippen molar-refractivity contribution in [1.29, 1.82) is 0 Å². The number of nitrogens with zero attached hydrogens (tertiary/aromatic N) is 2. The van der Waals surface area contributed by atoms with Gasteiger partial charge in [0, 0.05) is 11.3 Å². The zero-order valence-electron chi connectivity index (χ0n) is 11.5. The van der Waals surface area contributed by atoms with Gasteiger partial charge in [0.25, 0.3) is 0 Å². The highest BCUT2D eigenvalue weighted by atomic mass is 32.1. The van der Waals surface area contributed by atoms with Gasteiger partial charge in [-0.3, -0.25) is 0 Å². The van der Waals surface area contributed by atoms with Gasteiger partial charge in [0.15, 0.2) is 0 Å². The smallest absolute Gasteiger partial charge is 0.122 e. The summed E-state index contributed by atoms with van der Waals surface area (Å²) in [5, 5.41) is 11.3. The maximum Gasteiger partial charge on any atom is 0.122 e. The maximum atomic E-state index is 4.43. The van der Waals surface area contributed by atoms with E-state index in [2.05, 4.69) is 37.9 Å². The second kappa shape index (κ2) is 5.05. The second-order valence-electron chi connectivity index (χ2n) is 6.32. The highest BCUT2D eigenvalue weighted by Crippen LogP contribution is 2.39. The Balaban J connectivity index is 2.02. The highest BCUT2D eigenvalue weighted by molar-refractivity contribution is 7.11. The summed E-state index contributed by atoms with van der Waals surface area (Å²) in [6.07, 6.45) is 6.74. The topological polar surface area (TPSA) is 25.8 Å². The van der Waals surface area contributed by atoms with Crippen molar-refractivity contribution in [3.8, 4) is 0 Å². The molecule has 1 aromatic rings. The molecule has 1 heterocycles. The van der Waals surface area contributed by atoms with E-state index >= 15 is 0 Å². The van der Waals surface area contributed by atoms with E-state index in [1.807, 2.05) is 11.3 Å². The first-order valence-corrected chi connectivity index (χ1v) is 7.66. The van der Waals surface area contributed by atoms with Gasteiger partial charge in [-0.2, -0.15) is 0 Å². The molecule has 1 aromatic heterocycles. The fourth-order valence-corrected chi connectivity index (χ4v) is 3.59. The highest BCUT2D eigenvalue weighted by Gasteiger charge is 2.26. The fraction of sp³-hybridized carbons (Fsp3) is 0.857. The number of aromatic nitrogens is 2. The zero-order valence-corrected chi connectivity index (χ0v) is 12.3. The third-order valence-electron chi connectivity index (χ3n) is 3.86. The molecule has 0 unspecified atom stereocenters. The van der Waals surface area contributed by atoms with Crippen molar-refractivity contribution in [2.24, 2.45) is 5.92 Å². The lowest BCUT2D eigenvalue weighted by Gasteiger charge is -2.26. The van der Waals surface area contributed by atoms with Crippen molar-refractivity contribution in [2.75, 3.05) is 0 Å². The van der Waals surface area contributed by atoms with Crippen LogP contribution >= 0.6 is 11.3 Å². The van der Waals surface area contributed by atoms with E-state index in [1.165, 1.54) is 42.1 Å². The fourth-order valence-electron chi connectivity index (χ4n) is 2.52. The van der Waals surface area contributed by atoms with Crippen LogP contribution in [0.25, 0.3) is 0 Å². The van der Waals surface area contributed by atoms with Gasteiger partial charge in [-0.25, -0.2) is 0 Å². The predicted molar refractivity (Wildman–Crippen MR) is 73.6 cm³/mol. The maximum absolute atomic E-state index is 4.43. The summed E-state index contributed by atoms with van der Waals surface area (Å²) in [5.41, 5.74) is 0.149. The van der Waals surface area contributed by atoms with Crippen LogP contribution in [0.2, 0.25) is 0 Å². The molecule has 0 saturated heterocycles. The summed E-state index contributed by atoms with van der Waals surface area (Å²) in [6, 6.07) is 0. The average Bonchev–Trinajstić information content (AvgIpc) is 2.78. The summed E-state index contributed by atoms with van der Waals surface area (Å²) in [5.74, 6) is 1.65. The SMILES string of the molecule is CC[C@H]1CC[C@H](c2nnc(C(C)(C)C)s2)CC1. The van der Waals surface area contributed by atoms with E-state index in [0.29, 0.717) is 5.92 Å². The molecule has 0 atom stereocenters. The molecule has 1 saturated carbocycles. The minimum absolute atomic E-state index is 0.149. The molecule has 0 aromatic carbocycles. The first-order chi connectivity index (χ1) is 8.00. The molecule has 17 heavy (non-hydrogen) atoms. The monoisotopic (exact) mass is 252 g/mol. The molecule has 0 N–H and O–H groups in total. The van der Waals surface area contributed by atoms with E-state index < -0.39 is 0 Å². The molecule has 2 nitrogen and oxygen atoms in total. The van der Waals surface area contributed by atoms with Crippen molar-refractivity contribution in [2.45, 2.75) is 71.1 Å². The van der Waals surface area contributed by atoms with E-state index in [4.69, 9.17) is 0 Å². The average molecular weight is 252 g/mol. The van der Waals surface area contributed by atoms with Crippen LogP contribution in [0.3, 0.4) is 0 Å². The Kier molecular flexibility index (Phi) is 3.86. The normalized spacial score (nSPS) is 26.1. The lowest BCUT2D eigenvalue weighted by molar-refractivity contribution is 0.317. The van der Waals surface area contributed by atoms with E-state index in [1.54, 1.807) is 0 Å². The Morgan fingerprint density at radius 3 is 2.24 bits per heavy atom. The van der Waals surface area contributed by atoms with Crippen LogP contribution < -0.4 is 0 Å². The minimum Gasteiger partial charge on any atom is -0.143 e. The van der Waals surface area contributed by atoms with E-state index in [-0.39, 0.29) is 5.41 Å². The number of rotatable bonds is 2. The first kappa shape index (κ1) is 13.0. The number of hydrogen-bond acceptors (Lipinski definition) is 3. The van der Waals surface area contributed by atoms with Gasteiger partial charge in [0.05, 0.1) is 0 Å². The third-order valence-corrected chi connectivity index (χ3v) is 5.37. The summed E-state index contributed by atoms with van der Waals surface area (Å²) >= 11 is 1.83. The Labute approximate surface area is 109 Å². The van der Waals surface area contributed by atoms with Crippen molar-refractivity contribution in [3.63, 3.8) is 0 Å². The van der Waals surface area contributed by atoms with Crippen LogP contribution in [0.15, 0.2) is 0 Å². The summed E-state index contributed by atoms with van der Waals surface area (Å²) < 4.78 is 0. The summed E-state index contributed by atoms with van der Waals surface area (Å²) in [4.78, 5) is 0. The molecule has 1 fully saturated rings. The summed E-state index contributed by atoms with van der Waals surface area (Å²) in [6.45, 7) is 8.95. The van der Waals surface area contributed by atoms with Crippen LogP contribution in [0, 0.1) is 5.92 Å². The molecule has 2 rings (SSSR count). The number of hydrogen-bond donors (Lipinski definition) is 0. The third kappa shape index (κ3) is 3.06. The predicted octanol–water partition coefficient (Wildman–Crippen LogP) is 4.52. The van der Waals surface area contributed by atoms with Crippen molar-refractivity contribution >= 4 is 11.3 Å². The lowest BCUT2D eigenvalue weighted by Crippen LogP contribution is -2.12. The van der Waals surface area contributed by atoms with Gasteiger partial charge in [0.1, 0.15) is 10.0 Å². The van der Waals surface area contributed by atoms with E-state index in [0.717, 1.165) is 5.92 Å². The molecule has 0 spiro atoms. The Bertz CT molecular complexity index is 357. The Morgan fingerprint density at radius 1 is 1.12 bits per heavy atom. The van der Waals surface area contributed by atoms with Crippen LogP contribution in [0.5, 0.6) is 0 Å². The van der Waals surface area contributed by atoms with Gasteiger partial charge < -0.3 is 0 Å².